The predicted molar refractivity (Wildman–Crippen MR) is 109 cm³/mol. The Morgan fingerprint density at radius 3 is 2.52 bits per heavy atom. The van der Waals surface area contributed by atoms with Gasteiger partial charge in [-0.25, -0.2) is 0 Å². The Balaban J connectivity index is 0.00000151. The fraction of sp³-hybridized carbons (Fsp3) is 0.478. The van der Waals surface area contributed by atoms with Crippen molar-refractivity contribution < 1.29 is 5.11 Å². The van der Waals surface area contributed by atoms with Gasteiger partial charge in [0.2, 0.25) is 0 Å². The van der Waals surface area contributed by atoms with E-state index >= 15 is 0 Å². The van der Waals surface area contributed by atoms with Gasteiger partial charge in [0.15, 0.2) is 0 Å². The number of allylic oxidation sites excluding steroid dienone is 4. The van der Waals surface area contributed by atoms with Crippen LogP contribution in [0.1, 0.15) is 39.7 Å². The van der Waals surface area contributed by atoms with Crippen LogP contribution < -0.4 is 0 Å². The molecule has 0 aromatic heterocycles. The highest BCUT2D eigenvalue weighted by atomic mass is 16.3. The van der Waals surface area contributed by atoms with Crippen LogP contribution in [-0.2, 0) is 6.54 Å². The average molecular weight is 342 g/mol. The molecule has 25 heavy (non-hydrogen) atoms. The van der Waals surface area contributed by atoms with Crippen molar-refractivity contribution in [1.29, 1.82) is 0 Å². The topological polar surface area (TPSA) is 23.5 Å². The van der Waals surface area contributed by atoms with Gasteiger partial charge in [-0.3, -0.25) is 4.90 Å². The molecule has 2 nitrogen and oxygen atoms in total. The lowest BCUT2D eigenvalue weighted by Crippen LogP contribution is -2.26. The molecule has 1 aromatic carbocycles. The van der Waals surface area contributed by atoms with E-state index < -0.39 is 0 Å². The van der Waals surface area contributed by atoms with Gasteiger partial charge in [-0.15, -0.1) is 0 Å². The van der Waals surface area contributed by atoms with Crippen LogP contribution in [0.5, 0.6) is 0 Å². The van der Waals surface area contributed by atoms with Gasteiger partial charge in [0.1, 0.15) is 0 Å². The summed E-state index contributed by atoms with van der Waals surface area (Å²) < 4.78 is 0. The third kappa shape index (κ3) is 6.64. The van der Waals surface area contributed by atoms with E-state index in [0.29, 0.717) is 5.92 Å². The van der Waals surface area contributed by atoms with Crippen molar-refractivity contribution in [3.63, 3.8) is 0 Å². The Bertz CT molecular complexity index is 544. The molecule has 3 unspecified atom stereocenters. The van der Waals surface area contributed by atoms with Crippen molar-refractivity contribution in [1.82, 2.24) is 4.90 Å². The molecule has 138 valence electrons. The first-order valence-electron chi connectivity index (χ1n) is 9.59. The second kappa shape index (κ2) is 11.8. The molecule has 0 amide bonds. The van der Waals surface area contributed by atoms with Gasteiger partial charge in [0.05, 0.1) is 6.10 Å². The fourth-order valence-corrected chi connectivity index (χ4v) is 3.42. The lowest BCUT2D eigenvalue weighted by atomic mass is 9.85. The van der Waals surface area contributed by atoms with Crippen molar-refractivity contribution >= 4 is 0 Å². The number of likely N-dealkylation sites (tertiary alicyclic amines) is 1. The zero-order chi connectivity index (χ0) is 18.7. The highest BCUT2D eigenvalue weighted by Crippen LogP contribution is 2.33. The van der Waals surface area contributed by atoms with E-state index in [1.54, 1.807) is 0 Å². The summed E-state index contributed by atoms with van der Waals surface area (Å²) in [7, 11) is 0. The standard InChI is InChI=1S/C21H29NO.C2H6/c1-4-6-13-19(10-5-2)21-16-22(15-20(21)17(3)23)14-18-11-8-7-9-12-18;1-2/h5-13,17,20-21,23H,2,4,14-16H2,1,3H3;1-2H3/b13-6-,19-10+;. The monoisotopic (exact) mass is 341 g/mol. The number of benzene rings is 1. The van der Waals surface area contributed by atoms with Gasteiger partial charge in [0, 0.05) is 31.5 Å². The zero-order valence-corrected chi connectivity index (χ0v) is 16.4. The lowest BCUT2D eigenvalue weighted by Gasteiger charge is -2.22. The summed E-state index contributed by atoms with van der Waals surface area (Å²) in [6, 6.07) is 10.6. The first-order valence-corrected chi connectivity index (χ1v) is 9.59. The lowest BCUT2D eigenvalue weighted by molar-refractivity contribution is 0.114. The second-order valence-corrected chi connectivity index (χ2v) is 6.40. The van der Waals surface area contributed by atoms with Gasteiger partial charge in [-0.05, 0) is 24.5 Å². The number of hydrogen-bond acceptors (Lipinski definition) is 2. The molecule has 0 saturated carbocycles. The van der Waals surface area contributed by atoms with Crippen LogP contribution in [-0.4, -0.2) is 29.2 Å². The van der Waals surface area contributed by atoms with E-state index in [1.165, 1.54) is 11.1 Å². The number of nitrogens with zero attached hydrogens (tertiary/aromatic N) is 1. The normalized spacial score (nSPS) is 22.5. The van der Waals surface area contributed by atoms with Gasteiger partial charge in [-0.1, -0.05) is 82.0 Å². The fourth-order valence-electron chi connectivity index (χ4n) is 3.42. The SMILES string of the molecule is C=C/C=C(\C=C/CC)C1CN(Cc2ccccc2)CC1C(C)O.CC. The Morgan fingerprint density at radius 2 is 1.96 bits per heavy atom. The minimum Gasteiger partial charge on any atom is -0.393 e. The molecule has 2 heteroatoms. The molecule has 0 radical (unpaired) electrons. The first kappa shape index (κ1) is 21.4. The molecule has 1 N–H and O–H groups in total. The Labute approximate surface area is 154 Å². The molecule has 1 aliphatic heterocycles. The number of aliphatic hydroxyl groups excluding tert-OH is 1. The summed E-state index contributed by atoms with van der Waals surface area (Å²) in [5.74, 6) is 0.630. The third-order valence-corrected chi connectivity index (χ3v) is 4.59. The summed E-state index contributed by atoms with van der Waals surface area (Å²) in [4.78, 5) is 2.45. The maximum atomic E-state index is 10.2. The van der Waals surface area contributed by atoms with Gasteiger partial charge >= 0.3 is 0 Å². The predicted octanol–water partition coefficient (Wildman–Crippen LogP) is 5.22. The number of aliphatic hydroxyl groups is 1. The van der Waals surface area contributed by atoms with Crippen molar-refractivity contribution in [3.8, 4) is 0 Å². The number of hydrogen-bond donors (Lipinski definition) is 1. The third-order valence-electron chi connectivity index (χ3n) is 4.59. The Morgan fingerprint density at radius 1 is 1.28 bits per heavy atom. The summed E-state index contributed by atoms with van der Waals surface area (Å²) in [6.07, 6.45) is 9.06. The Kier molecular flexibility index (Phi) is 10.1. The average Bonchev–Trinajstić information content (AvgIpc) is 3.05. The molecule has 1 aliphatic rings. The van der Waals surface area contributed by atoms with E-state index in [-0.39, 0.29) is 12.0 Å². The molecule has 1 saturated heterocycles. The molecule has 0 spiro atoms. The summed E-state index contributed by atoms with van der Waals surface area (Å²) in [5.41, 5.74) is 2.61. The van der Waals surface area contributed by atoms with E-state index in [2.05, 4.69) is 67.0 Å². The molecule has 3 atom stereocenters. The van der Waals surface area contributed by atoms with E-state index in [1.807, 2.05) is 26.8 Å². The summed E-state index contributed by atoms with van der Waals surface area (Å²) in [6.45, 7) is 14.8. The summed E-state index contributed by atoms with van der Waals surface area (Å²) in [5, 5.41) is 10.2. The first-order chi connectivity index (χ1) is 12.2. The van der Waals surface area contributed by atoms with Gasteiger partial charge in [0.25, 0.3) is 0 Å². The minimum absolute atomic E-state index is 0.270. The van der Waals surface area contributed by atoms with Crippen molar-refractivity contribution in [2.75, 3.05) is 13.1 Å². The largest absolute Gasteiger partial charge is 0.393 e. The zero-order valence-electron chi connectivity index (χ0n) is 16.4. The summed E-state index contributed by atoms with van der Waals surface area (Å²) >= 11 is 0. The van der Waals surface area contributed by atoms with Crippen molar-refractivity contribution in [2.45, 2.75) is 46.8 Å². The maximum absolute atomic E-state index is 10.2. The van der Waals surface area contributed by atoms with Crippen LogP contribution >= 0.6 is 0 Å². The van der Waals surface area contributed by atoms with E-state index in [9.17, 15) is 5.11 Å². The maximum Gasteiger partial charge on any atom is 0.0558 e. The quantitative estimate of drug-likeness (QED) is 0.687. The molecule has 0 bridgehead atoms. The van der Waals surface area contributed by atoms with Gasteiger partial charge < -0.3 is 5.11 Å². The van der Waals surface area contributed by atoms with Crippen LogP contribution in [0.3, 0.4) is 0 Å². The molecular formula is C23H35NO. The molecule has 1 fully saturated rings. The van der Waals surface area contributed by atoms with Crippen LogP contribution in [0.25, 0.3) is 0 Å². The minimum atomic E-state index is -0.302. The molecule has 0 aliphatic carbocycles. The smallest absolute Gasteiger partial charge is 0.0558 e. The molecular weight excluding hydrogens is 306 g/mol. The van der Waals surface area contributed by atoms with Crippen molar-refractivity contribution in [3.05, 3.63) is 72.4 Å². The van der Waals surface area contributed by atoms with Crippen LogP contribution in [0, 0.1) is 11.8 Å². The second-order valence-electron chi connectivity index (χ2n) is 6.40. The van der Waals surface area contributed by atoms with Crippen LogP contribution in [0.15, 0.2) is 66.8 Å². The molecule has 1 aromatic rings. The Hall–Kier alpha value is -1.64. The highest BCUT2D eigenvalue weighted by Gasteiger charge is 2.36. The number of rotatable bonds is 7. The van der Waals surface area contributed by atoms with Crippen molar-refractivity contribution in [2.24, 2.45) is 11.8 Å². The van der Waals surface area contributed by atoms with E-state index in [4.69, 9.17) is 0 Å². The molecule has 1 heterocycles. The van der Waals surface area contributed by atoms with Gasteiger partial charge in [-0.2, -0.15) is 0 Å². The van der Waals surface area contributed by atoms with E-state index in [0.717, 1.165) is 26.1 Å². The van der Waals surface area contributed by atoms with Crippen LogP contribution in [0.2, 0.25) is 0 Å². The molecule has 2 rings (SSSR count). The highest BCUT2D eigenvalue weighted by molar-refractivity contribution is 5.28. The van der Waals surface area contributed by atoms with Crippen LogP contribution in [0.4, 0.5) is 0 Å².